The molecule has 3 nitrogen and oxygen atoms in total. The molecule has 112 valence electrons. The predicted octanol–water partition coefficient (Wildman–Crippen LogP) is 4.68. The van der Waals surface area contributed by atoms with Gasteiger partial charge in [-0.2, -0.15) is 0 Å². The molecular weight excluding hydrogens is 262 g/mol. The molecule has 0 saturated carbocycles. The first-order valence-corrected chi connectivity index (χ1v) is 7.03. The van der Waals surface area contributed by atoms with Crippen molar-refractivity contribution in [3.8, 4) is 17.2 Å². The van der Waals surface area contributed by atoms with E-state index in [0.29, 0.717) is 5.69 Å². The van der Waals surface area contributed by atoms with Crippen molar-refractivity contribution in [3.63, 3.8) is 0 Å². The summed E-state index contributed by atoms with van der Waals surface area (Å²) in [4.78, 5) is 0. The number of methoxy groups -OCH3 is 1. The van der Waals surface area contributed by atoms with E-state index < -0.39 is 0 Å². The maximum atomic E-state index is 6.06. The molecule has 0 heterocycles. The number of hydrogen-bond donors (Lipinski definition) is 1. The third kappa shape index (κ3) is 3.69. The normalized spacial score (nSPS) is 11.3. The molecule has 0 bridgehead atoms. The molecule has 0 aliphatic heterocycles. The van der Waals surface area contributed by atoms with E-state index in [1.165, 1.54) is 0 Å². The number of nitrogens with two attached hydrogens (primary N) is 1. The highest BCUT2D eigenvalue weighted by molar-refractivity contribution is 5.51. The fourth-order valence-electron chi connectivity index (χ4n) is 2.27. The van der Waals surface area contributed by atoms with Crippen LogP contribution in [0.15, 0.2) is 36.4 Å². The fourth-order valence-corrected chi connectivity index (χ4v) is 2.27. The third-order valence-corrected chi connectivity index (χ3v) is 3.30. The molecule has 3 heteroatoms. The van der Waals surface area contributed by atoms with E-state index in [2.05, 4.69) is 20.8 Å². The molecule has 0 radical (unpaired) electrons. The number of hydrogen-bond acceptors (Lipinski definition) is 3. The van der Waals surface area contributed by atoms with Gasteiger partial charge in [0.15, 0.2) is 0 Å². The summed E-state index contributed by atoms with van der Waals surface area (Å²) in [5.74, 6) is 2.41. The minimum atomic E-state index is -0.0424. The summed E-state index contributed by atoms with van der Waals surface area (Å²) in [6.45, 7) is 8.46. The van der Waals surface area contributed by atoms with Crippen LogP contribution in [0.4, 0.5) is 5.69 Å². The van der Waals surface area contributed by atoms with Crippen LogP contribution < -0.4 is 15.2 Å². The monoisotopic (exact) mass is 285 g/mol. The standard InChI is InChI=1S/C18H23NO2/c1-12-8-13(19)10-15(9-12)21-17-7-6-14(20-5)11-16(17)18(2,3)4/h6-11H,19H2,1-5H3. The number of rotatable bonds is 3. The minimum Gasteiger partial charge on any atom is -0.497 e. The van der Waals surface area contributed by atoms with E-state index in [9.17, 15) is 0 Å². The molecule has 0 unspecified atom stereocenters. The largest absolute Gasteiger partial charge is 0.497 e. The minimum absolute atomic E-state index is 0.0424. The molecule has 0 amide bonds. The van der Waals surface area contributed by atoms with E-state index in [1.807, 2.05) is 43.3 Å². The summed E-state index contributed by atoms with van der Waals surface area (Å²) < 4.78 is 11.4. The Morgan fingerprint density at radius 1 is 0.952 bits per heavy atom. The highest BCUT2D eigenvalue weighted by Crippen LogP contribution is 2.37. The molecule has 0 saturated heterocycles. The van der Waals surface area contributed by atoms with Crippen molar-refractivity contribution in [1.82, 2.24) is 0 Å². The smallest absolute Gasteiger partial charge is 0.131 e. The lowest BCUT2D eigenvalue weighted by Crippen LogP contribution is -2.12. The Balaban J connectivity index is 2.43. The van der Waals surface area contributed by atoms with Crippen LogP contribution in [0.5, 0.6) is 17.2 Å². The Morgan fingerprint density at radius 3 is 2.24 bits per heavy atom. The van der Waals surface area contributed by atoms with Crippen molar-refractivity contribution < 1.29 is 9.47 Å². The van der Waals surface area contributed by atoms with Crippen molar-refractivity contribution in [2.45, 2.75) is 33.1 Å². The number of benzene rings is 2. The molecule has 0 spiro atoms. The van der Waals surface area contributed by atoms with Crippen LogP contribution in [-0.4, -0.2) is 7.11 Å². The molecule has 0 atom stereocenters. The van der Waals surface area contributed by atoms with Gasteiger partial charge < -0.3 is 15.2 Å². The first kappa shape index (κ1) is 15.2. The van der Waals surface area contributed by atoms with E-state index in [-0.39, 0.29) is 5.41 Å². The zero-order chi connectivity index (χ0) is 15.6. The fraction of sp³-hybridized carbons (Fsp3) is 0.333. The summed E-state index contributed by atoms with van der Waals surface area (Å²) >= 11 is 0. The van der Waals surface area contributed by atoms with Crippen LogP contribution in [-0.2, 0) is 5.41 Å². The van der Waals surface area contributed by atoms with Gasteiger partial charge in [-0.1, -0.05) is 20.8 Å². The lowest BCUT2D eigenvalue weighted by molar-refractivity contribution is 0.407. The molecule has 2 aromatic rings. The van der Waals surface area contributed by atoms with Gasteiger partial charge in [-0.05, 0) is 48.2 Å². The number of aryl methyl sites for hydroxylation is 1. The molecule has 0 fully saturated rings. The number of ether oxygens (including phenoxy) is 2. The Kier molecular flexibility index (Phi) is 4.12. The summed E-state index contributed by atoms with van der Waals surface area (Å²) in [6.07, 6.45) is 0. The first-order valence-electron chi connectivity index (χ1n) is 7.03. The van der Waals surface area contributed by atoms with E-state index in [1.54, 1.807) is 7.11 Å². The third-order valence-electron chi connectivity index (χ3n) is 3.30. The lowest BCUT2D eigenvalue weighted by Gasteiger charge is -2.23. The van der Waals surface area contributed by atoms with Gasteiger partial charge in [0.2, 0.25) is 0 Å². The van der Waals surface area contributed by atoms with E-state index in [4.69, 9.17) is 15.2 Å². The second-order valence-corrected chi connectivity index (χ2v) is 6.29. The van der Waals surface area contributed by atoms with Crippen LogP contribution in [0.2, 0.25) is 0 Å². The van der Waals surface area contributed by atoms with Crippen molar-refractivity contribution in [1.29, 1.82) is 0 Å². The summed E-state index contributed by atoms with van der Waals surface area (Å²) in [5, 5.41) is 0. The Labute approximate surface area is 126 Å². The molecule has 2 rings (SSSR count). The van der Waals surface area contributed by atoms with Crippen LogP contribution in [0, 0.1) is 6.92 Å². The van der Waals surface area contributed by atoms with Gasteiger partial charge in [-0.3, -0.25) is 0 Å². The summed E-state index contributed by atoms with van der Waals surface area (Å²) in [7, 11) is 1.67. The van der Waals surface area contributed by atoms with E-state index >= 15 is 0 Å². The van der Waals surface area contributed by atoms with E-state index in [0.717, 1.165) is 28.4 Å². The second-order valence-electron chi connectivity index (χ2n) is 6.29. The maximum Gasteiger partial charge on any atom is 0.131 e. The predicted molar refractivity (Wildman–Crippen MR) is 87.4 cm³/mol. The van der Waals surface area contributed by atoms with Crippen LogP contribution in [0.25, 0.3) is 0 Å². The first-order chi connectivity index (χ1) is 9.79. The molecule has 0 aromatic heterocycles. The quantitative estimate of drug-likeness (QED) is 0.833. The van der Waals surface area contributed by atoms with Crippen molar-refractivity contribution in [3.05, 3.63) is 47.5 Å². The highest BCUT2D eigenvalue weighted by atomic mass is 16.5. The Bertz CT molecular complexity index is 622. The Morgan fingerprint density at radius 2 is 1.67 bits per heavy atom. The SMILES string of the molecule is COc1ccc(Oc2cc(C)cc(N)c2)c(C(C)(C)C)c1. The maximum absolute atomic E-state index is 6.06. The second kappa shape index (κ2) is 5.68. The van der Waals surface area contributed by atoms with Gasteiger partial charge in [-0.25, -0.2) is 0 Å². The average Bonchev–Trinajstić information content (AvgIpc) is 2.36. The van der Waals surface area contributed by atoms with Crippen molar-refractivity contribution in [2.75, 3.05) is 12.8 Å². The molecule has 0 aliphatic carbocycles. The number of nitrogen functional groups attached to an aromatic ring is 1. The summed E-state index contributed by atoms with van der Waals surface area (Å²) in [5.41, 5.74) is 8.72. The zero-order valence-corrected chi connectivity index (χ0v) is 13.4. The van der Waals surface area contributed by atoms with Crippen LogP contribution >= 0.6 is 0 Å². The van der Waals surface area contributed by atoms with Crippen LogP contribution in [0.3, 0.4) is 0 Å². The number of anilines is 1. The Hall–Kier alpha value is -2.16. The van der Waals surface area contributed by atoms with Gasteiger partial charge in [0.25, 0.3) is 0 Å². The molecule has 2 N–H and O–H groups in total. The van der Waals surface area contributed by atoms with Crippen LogP contribution in [0.1, 0.15) is 31.9 Å². The van der Waals surface area contributed by atoms with Gasteiger partial charge in [-0.15, -0.1) is 0 Å². The topological polar surface area (TPSA) is 44.5 Å². The van der Waals surface area contributed by atoms with Gasteiger partial charge in [0.1, 0.15) is 17.2 Å². The lowest BCUT2D eigenvalue weighted by atomic mass is 9.86. The van der Waals surface area contributed by atoms with Gasteiger partial charge >= 0.3 is 0 Å². The summed E-state index contributed by atoms with van der Waals surface area (Å²) in [6, 6.07) is 11.6. The molecular formula is C18H23NO2. The highest BCUT2D eigenvalue weighted by Gasteiger charge is 2.20. The van der Waals surface area contributed by atoms with Gasteiger partial charge in [0, 0.05) is 17.3 Å². The average molecular weight is 285 g/mol. The zero-order valence-electron chi connectivity index (χ0n) is 13.4. The van der Waals surface area contributed by atoms with Crippen molar-refractivity contribution in [2.24, 2.45) is 0 Å². The molecule has 2 aromatic carbocycles. The molecule has 21 heavy (non-hydrogen) atoms. The molecule has 0 aliphatic rings. The van der Waals surface area contributed by atoms with Gasteiger partial charge in [0.05, 0.1) is 7.11 Å². The van der Waals surface area contributed by atoms with Crippen molar-refractivity contribution >= 4 is 5.69 Å².